The van der Waals surface area contributed by atoms with Crippen LogP contribution in [0.15, 0.2) is 21.5 Å². The van der Waals surface area contributed by atoms with Crippen molar-refractivity contribution in [2.45, 2.75) is 10.9 Å². The summed E-state index contributed by atoms with van der Waals surface area (Å²) in [6.07, 6.45) is 0. The van der Waals surface area contributed by atoms with Crippen LogP contribution in [0.2, 0.25) is 10.0 Å². The molecule has 0 aromatic heterocycles. The lowest BCUT2D eigenvalue weighted by atomic mass is 10.4. The molecule has 1 aliphatic carbocycles. The SMILES string of the molecule is Cl.O=S(=O)(NC1C2CNCC21)c1c(Cl)cc(Br)cc1Cl. The van der Waals surface area contributed by atoms with E-state index in [4.69, 9.17) is 23.2 Å². The van der Waals surface area contributed by atoms with Gasteiger partial charge in [0.2, 0.25) is 10.0 Å². The van der Waals surface area contributed by atoms with Crippen molar-refractivity contribution in [3.63, 3.8) is 0 Å². The van der Waals surface area contributed by atoms with Crippen LogP contribution < -0.4 is 10.0 Å². The average molecular weight is 423 g/mol. The van der Waals surface area contributed by atoms with Gasteiger partial charge in [-0.1, -0.05) is 39.1 Å². The molecule has 3 rings (SSSR count). The zero-order valence-electron chi connectivity index (χ0n) is 10.1. The molecule has 2 N–H and O–H groups in total. The number of nitrogens with one attached hydrogen (secondary N) is 2. The zero-order valence-corrected chi connectivity index (χ0v) is 14.8. The van der Waals surface area contributed by atoms with Crippen molar-refractivity contribution >= 4 is 61.6 Å². The minimum absolute atomic E-state index is 0. The van der Waals surface area contributed by atoms with Gasteiger partial charge in [-0.2, -0.15) is 0 Å². The van der Waals surface area contributed by atoms with Crippen LogP contribution in [0.4, 0.5) is 0 Å². The van der Waals surface area contributed by atoms with Gasteiger partial charge in [-0.15, -0.1) is 12.4 Å². The predicted molar refractivity (Wildman–Crippen MR) is 85.4 cm³/mol. The first-order valence-corrected chi connectivity index (χ1v) is 8.81. The number of piperidine rings is 1. The normalized spacial score (nSPS) is 27.9. The first-order chi connectivity index (χ1) is 8.90. The van der Waals surface area contributed by atoms with E-state index in [0.29, 0.717) is 16.3 Å². The van der Waals surface area contributed by atoms with Crippen molar-refractivity contribution in [2.75, 3.05) is 13.1 Å². The quantitative estimate of drug-likeness (QED) is 0.788. The number of benzene rings is 1. The maximum absolute atomic E-state index is 12.4. The van der Waals surface area contributed by atoms with Crippen LogP contribution in [0.25, 0.3) is 0 Å². The summed E-state index contributed by atoms with van der Waals surface area (Å²) in [6, 6.07) is 3.05. The van der Waals surface area contributed by atoms with Crippen molar-refractivity contribution in [1.82, 2.24) is 10.0 Å². The van der Waals surface area contributed by atoms with Crippen LogP contribution in [-0.4, -0.2) is 27.5 Å². The molecule has 0 bridgehead atoms. The lowest BCUT2D eigenvalue weighted by molar-refractivity contribution is 0.565. The molecule has 1 heterocycles. The van der Waals surface area contributed by atoms with Crippen molar-refractivity contribution in [2.24, 2.45) is 11.8 Å². The Balaban J connectivity index is 0.00000147. The molecule has 1 saturated carbocycles. The molecule has 2 atom stereocenters. The first-order valence-electron chi connectivity index (χ1n) is 5.78. The maximum Gasteiger partial charge on any atom is 0.243 e. The van der Waals surface area contributed by atoms with E-state index < -0.39 is 10.0 Å². The lowest BCUT2D eigenvalue weighted by Gasteiger charge is -2.12. The monoisotopic (exact) mass is 420 g/mol. The van der Waals surface area contributed by atoms with E-state index in [1.807, 2.05) is 0 Å². The van der Waals surface area contributed by atoms with E-state index in [2.05, 4.69) is 26.0 Å². The minimum atomic E-state index is -3.68. The van der Waals surface area contributed by atoms with Crippen LogP contribution in [0.3, 0.4) is 0 Å². The van der Waals surface area contributed by atoms with Gasteiger partial charge in [-0.05, 0) is 37.1 Å². The predicted octanol–water partition coefficient (Wildman–Crippen LogP) is 2.67. The summed E-state index contributed by atoms with van der Waals surface area (Å²) in [5, 5.41) is 3.46. The highest BCUT2D eigenvalue weighted by molar-refractivity contribution is 9.10. The van der Waals surface area contributed by atoms with Crippen LogP contribution in [-0.2, 0) is 10.0 Å². The third-order valence-electron chi connectivity index (χ3n) is 3.61. The van der Waals surface area contributed by atoms with Gasteiger partial charge in [0.1, 0.15) is 4.90 Å². The Morgan fingerprint density at radius 1 is 1.20 bits per heavy atom. The van der Waals surface area contributed by atoms with Gasteiger partial charge in [0, 0.05) is 10.5 Å². The van der Waals surface area contributed by atoms with Crippen LogP contribution >= 0.6 is 51.5 Å². The molecule has 20 heavy (non-hydrogen) atoms. The van der Waals surface area contributed by atoms with Gasteiger partial charge in [-0.25, -0.2) is 13.1 Å². The van der Waals surface area contributed by atoms with E-state index in [-0.39, 0.29) is 33.4 Å². The summed E-state index contributed by atoms with van der Waals surface area (Å²) >= 11 is 15.2. The Hall–Kier alpha value is 0.440. The van der Waals surface area contributed by atoms with E-state index in [1.54, 1.807) is 0 Å². The maximum atomic E-state index is 12.4. The van der Waals surface area contributed by atoms with Gasteiger partial charge < -0.3 is 5.32 Å². The molecule has 2 aliphatic rings. The summed E-state index contributed by atoms with van der Waals surface area (Å²) in [5.41, 5.74) is 0. The summed E-state index contributed by atoms with van der Waals surface area (Å²) in [5.74, 6) is 0.783. The molecule has 0 amide bonds. The Morgan fingerprint density at radius 2 is 1.70 bits per heavy atom. The second-order valence-electron chi connectivity index (χ2n) is 4.83. The Bertz CT molecular complexity index is 608. The van der Waals surface area contributed by atoms with Gasteiger partial charge in [0.25, 0.3) is 0 Å². The largest absolute Gasteiger partial charge is 0.316 e. The molecule has 0 spiro atoms. The average Bonchev–Trinajstić information content (AvgIpc) is 2.71. The number of hydrogen-bond acceptors (Lipinski definition) is 3. The van der Waals surface area contributed by atoms with Gasteiger partial charge in [0.15, 0.2) is 0 Å². The smallest absolute Gasteiger partial charge is 0.243 e. The number of halogens is 4. The highest BCUT2D eigenvalue weighted by Gasteiger charge is 2.54. The zero-order chi connectivity index (χ0) is 13.8. The van der Waals surface area contributed by atoms with Gasteiger partial charge >= 0.3 is 0 Å². The van der Waals surface area contributed by atoms with E-state index in [1.165, 1.54) is 12.1 Å². The highest BCUT2D eigenvalue weighted by atomic mass is 79.9. The molecule has 1 aromatic carbocycles. The number of hydrogen-bond donors (Lipinski definition) is 2. The summed E-state index contributed by atoms with van der Waals surface area (Å²) in [4.78, 5) is -0.0445. The fourth-order valence-electron chi connectivity index (χ4n) is 2.62. The van der Waals surface area contributed by atoms with Crippen molar-refractivity contribution in [1.29, 1.82) is 0 Å². The molecule has 1 saturated heterocycles. The fourth-order valence-corrected chi connectivity index (χ4v) is 5.89. The summed E-state index contributed by atoms with van der Waals surface area (Å²) < 4.78 is 28.0. The molecule has 2 fully saturated rings. The van der Waals surface area contributed by atoms with Crippen molar-refractivity contribution in [3.8, 4) is 0 Å². The second-order valence-corrected chi connectivity index (χ2v) is 8.21. The van der Waals surface area contributed by atoms with Crippen LogP contribution in [0.5, 0.6) is 0 Å². The fraction of sp³-hybridized carbons (Fsp3) is 0.455. The van der Waals surface area contributed by atoms with E-state index in [9.17, 15) is 8.42 Å². The minimum Gasteiger partial charge on any atom is -0.316 e. The third kappa shape index (κ3) is 2.97. The molecule has 112 valence electrons. The summed E-state index contributed by atoms with van der Waals surface area (Å²) in [6.45, 7) is 1.72. The molecule has 4 nitrogen and oxygen atoms in total. The topological polar surface area (TPSA) is 58.2 Å². The molecule has 0 radical (unpaired) electrons. The number of fused-ring (bicyclic) bond motifs is 1. The highest BCUT2D eigenvalue weighted by Crippen LogP contribution is 2.43. The molecular weight excluding hydrogens is 410 g/mol. The van der Waals surface area contributed by atoms with Gasteiger partial charge in [-0.3, -0.25) is 0 Å². The number of sulfonamides is 1. The Labute approximate surface area is 142 Å². The molecule has 9 heteroatoms. The van der Waals surface area contributed by atoms with Crippen LogP contribution in [0, 0.1) is 11.8 Å². The lowest BCUT2D eigenvalue weighted by Crippen LogP contribution is -2.32. The Kier molecular flexibility index (Phi) is 4.97. The van der Waals surface area contributed by atoms with E-state index in [0.717, 1.165) is 13.1 Å². The Morgan fingerprint density at radius 3 is 2.20 bits per heavy atom. The number of rotatable bonds is 3. The third-order valence-corrected chi connectivity index (χ3v) is 6.45. The molecular formula is C11H12BrCl3N2O2S. The summed E-state index contributed by atoms with van der Waals surface area (Å²) in [7, 11) is -3.68. The molecule has 1 aromatic rings. The van der Waals surface area contributed by atoms with Crippen molar-refractivity contribution in [3.05, 3.63) is 26.7 Å². The first kappa shape index (κ1) is 16.8. The van der Waals surface area contributed by atoms with Crippen LogP contribution in [0.1, 0.15) is 0 Å². The second kappa shape index (κ2) is 5.91. The van der Waals surface area contributed by atoms with Crippen molar-refractivity contribution < 1.29 is 8.42 Å². The van der Waals surface area contributed by atoms with E-state index >= 15 is 0 Å². The molecule has 2 unspecified atom stereocenters. The van der Waals surface area contributed by atoms with Gasteiger partial charge in [0.05, 0.1) is 10.0 Å². The standard InChI is InChI=1S/C11H11BrCl2N2O2S.ClH/c12-5-1-8(13)11(9(14)2-5)19(17,18)16-10-6-3-15-4-7(6)10;/h1-2,6-7,10,15-16H,3-4H2;1H. The molecule has 1 aliphatic heterocycles.